The number of nitrogens with zero attached hydrogens (tertiary/aromatic N) is 1. The van der Waals surface area contributed by atoms with E-state index in [4.69, 9.17) is 15.2 Å². The molecule has 1 aromatic carbocycles. The number of benzene rings is 1. The van der Waals surface area contributed by atoms with E-state index in [1.807, 2.05) is 0 Å². The van der Waals surface area contributed by atoms with Crippen molar-refractivity contribution >= 4 is 0 Å². The van der Waals surface area contributed by atoms with Crippen molar-refractivity contribution in [2.75, 3.05) is 39.5 Å². The molecule has 2 aliphatic carbocycles. The van der Waals surface area contributed by atoms with Crippen molar-refractivity contribution < 1.29 is 9.47 Å². The topological polar surface area (TPSA) is 47.7 Å². The van der Waals surface area contributed by atoms with Crippen LogP contribution in [-0.2, 0) is 17.6 Å². The van der Waals surface area contributed by atoms with Gasteiger partial charge in [0.25, 0.3) is 0 Å². The Kier molecular flexibility index (Phi) is 4.56. The fraction of sp³-hybridized carbons (Fsp3) is 0.684. The molecule has 4 heteroatoms. The van der Waals surface area contributed by atoms with Gasteiger partial charge in [0.1, 0.15) is 12.4 Å². The summed E-state index contributed by atoms with van der Waals surface area (Å²) >= 11 is 0. The Morgan fingerprint density at radius 1 is 1.09 bits per heavy atom. The number of morpholine rings is 1. The van der Waals surface area contributed by atoms with Crippen molar-refractivity contribution in [2.24, 2.45) is 17.6 Å². The molecule has 126 valence electrons. The number of ether oxygens (including phenoxy) is 2. The monoisotopic (exact) mass is 316 g/mol. The van der Waals surface area contributed by atoms with Crippen LogP contribution >= 0.6 is 0 Å². The summed E-state index contributed by atoms with van der Waals surface area (Å²) in [5.74, 6) is 2.38. The lowest BCUT2D eigenvalue weighted by atomic mass is 9.93. The highest BCUT2D eigenvalue weighted by Crippen LogP contribution is 2.39. The third kappa shape index (κ3) is 3.39. The molecule has 0 radical (unpaired) electrons. The molecule has 2 bridgehead atoms. The maximum Gasteiger partial charge on any atom is 0.119 e. The quantitative estimate of drug-likeness (QED) is 0.921. The van der Waals surface area contributed by atoms with Crippen LogP contribution in [0.15, 0.2) is 18.2 Å². The van der Waals surface area contributed by atoms with Gasteiger partial charge in [0, 0.05) is 25.7 Å². The molecule has 4 rings (SSSR count). The maximum absolute atomic E-state index is 6.42. The third-order valence-corrected chi connectivity index (χ3v) is 5.92. The smallest absolute Gasteiger partial charge is 0.119 e. The summed E-state index contributed by atoms with van der Waals surface area (Å²) in [5, 5.41) is 0. The van der Waals surface area contributed by atoms with Gasteiger partial charge in [-0.2, -0.15) is 0 Å². The number of nitrogens with two attached hydrogens (primary N) is 1. The molecule has 1 aromatic rings. The van der Waals surface area contributed by atoms with E-state index in [9.17, 15) is 0 Å². The van der Waals surface area contributed by atoms with Crippen molar-refractivity contribution in [3.63, 3.8) is 0 Å². The minimum atomic E-state index is 0.396. The van der Waals surface area contributed by atoms with Crippen molar-refractivity contribution in [2.45, 2.75) is 31.7 Å². The van der Waals surface area contributed by atoms with Gasteiger partial charge in [0.05, 0.1) is 13.2 Å². The predicted molar refractivity (Wildman–Crippen MR) is 90.8 cm³/mol. The van der Waals surface area contributed by atoms with Gasteiger partial charge in [0.15, 0.2) is 0 Å². The lowest BCUT2D eigenvalue weighted by Crippen LogP contribution is -2.38. The lowest BCUT2D eigenvalue weighted by molar-refractivity contribution is 0.0322. The zero-order valence-electron chi connectivity index (χ0n) is 13.9. The van der Waals surface area contributed by atoms with Gasteiger partial charge in [-0.05, 0) is 60.8 Å². The van der Waals surface area contributed by atoms with Gasteiger partial charge in [-0.1, -0.05) is 6.07 Å². The standard InChI is InChI=1S/C19H28N2O2/c20-19-15-1-2-16(19)12-17-13-18(4-3-14(17)11-15)23-10-7-21-5-8-22-9-6-21/h3-4,13,15-16,19H,1-2,5-12,20H2. The summed E-state index contributed by atoms with van der Waals surface area (Å²) in [6.07, 6.45) is 4.89. The van der Waals surface area contributed by atoms with E-state index in [-0.39, 0.29) is 0 Å². The normalized spacial score (nSPS) is 30.7. The average molecular weight is 316 g/mol. The molecule has 0 spiro atoms. The van der Waals surface area contributed by atoms with Gasteiger partial charge < -0.3 is 15.2 Å². The van der Waals surface area contributed by atoms with Crippen LogP contribution in [0.5, 0.6) is 5.75 Å². The number of hydrogen-bond donors (Lipinski definition) is 1. The van der Waals surface area contributed by atoms with Crippen molar-refractivity contribution in [3.8, 4) is 5.75 Å². The molecule has 0 amide bonds. The Morgan fingerprint density at radius 2 is 1.83 bits per heavy atom. The molecule has 3 atom stereocenters. The number of hydrogen-bond acceptors (Lipinski definition) is 4. The highest BCUT2D eigenvalue weighted by Gasteiger charge is 2.36. The molecule has 1 saturated heterocycles. The Labute approximate surface area is 138 Å². The molecular weight excluding hydrogens is 288 g/mol. The third-order valence-electron chi connectivity index (χ3n) is 5.92. The van der Waals surface area contributed by atoms with Gasteiger partial charge in [-0.15, -0.1) is 0 Å². The van der Waals surface area contributed by atoms with Crippen LogP contribution in [0.4, 0.5) is 0 Å². The maximum atomic E-state index is 6.42. The molecule has 1 heterocycles. The zero-order chi connectivity index (χ0) is 15.6. The first-order chi connectivity index (χ1) is 11.3. The fourth-order valence-corrected chi connectivity index (χ4v) is 4.44. The van der Waals surface area contributed by atoms with Crippen LogP contribution in [0.1, 0.15) is 24.0 Å². The minimum absolute atomic E-state index is 0.396. The second-order valence-corrected chi connectivity index (χ2v) is 7.32. The Hall–Kier alpha value is -1.10. The van der Waals surface area contributed by atoms with Crippen molar-refractivity contribution in [1.29, 1.82) is 0 Å². The summed E-state index contributed by atoms with van der Waals surface area (Å²) in [7, 11) is 0. The van der Waals surface area contributed by atoms with Gasteiger partial charge in [0.2, 0.25) is 0 Å². The second-order valence-electron chi connectivity index (χ2n) is 7.32. The van der Waals surface area contributed by atoms with E-state index in [0.717, 1.165) is 58.0 Å². The van der Waals surface area contributed by atoms with Crippen LogP contribution in [0.25, 0.3) is 0 Å². The first-order valence-corrected chi connectivity index (χ1v) is 9.10. The number of fused-ring (bicyclic) bond motifs is 3. The van der Waals surface area contributed by atoms with Crippen molar-refractivity contribution in [3.05, 3.63) is 29.3 Å². The molecular formula is C19H28N2O2. The molecule has 3 unspecified atom stereocenters. The summed E-state index contributed by atoms with van der Waals surface area (Å²) in [4.78, 5) is 2.41. The summed E-state index contributed by atoms with van der Waals surface area (Å²) in [5.41, 5.74) is 9.38. The molecule has 1 saturated carbocycles. The predicted octanol–water partition coefficient (Wildman–Crippen LogP) is 1.85. The van der Waals surface area contributed by atoms with E-state index >= 15 is 0 Å². The fourth-order valence-electron chi connectivity index (χ4n) is 4.44. The summed E-state index contributed by atoms with van der Waals surface area (Å²) in [6.45, 7) is 5.48. The number of rotatable bonds is 4. The summed E-state index contributed by atoms with van der Waals surface area (Å²) in [6, 6.07) is 7.07. The van der Waals surface area contributed by atoms with Crippen LogP contribution in [0.3, 0.4) is 0 Å². The minimum Gasteiger partial charge on any atom is -0.492 e. The van der Waals surface area contributed by atoms with E-state index in [1.54, 1.807) is 0 Å². The van der Waals surface area contributed by atoms with Gasteiger partial charge >= 0.3 is 0 Å². The molecule has 2 N–H and O–H groups in total. The zero-order valence-corrected chi connectivity index (χ0v) is 13.9. The van der Waals surface area contributed by atoms with E-state index < -0.39 is 0 Å². The van der Waals surface area contributed by atoms with E-state index in [0.29, 0.717) is 17.9 Å². The van der Waals surface area contributed by atoms with Crippen LogP contribution in [-0.4, -0.2) is 50.4 Å². The molecule has 23 heavy (non-hydrogen) atoms. The van der Waals surface area contributed by atoms with Crippen LogP contribution in [0, 0.1) is 11.8 Å². The van der Waals surface area contributed by atoms with Gasteiger partial charge in [-0.25, -0.2) is 0 Å². The SMILES string of the molecule is NC1C2CCC1Cc1cc(OCCN3CCOCC3)ccc1C2. The second kappa shape index (κ2) is 6.80. The van der Waals surface area contributed by atoms with E-state index in [1.165, 1.54) is 24.0 Å². The summed E-state index contributed by atoms with van der Waals surface area (Å²) < 4.78 is 11.4. The van der Waals surface area contributed by atoms with Crippen LogP contribution in [0.2, 0.25) is 0 Å². The van der Waals surface area contributed by atoms with E-state index in [2.05, 4.69) is 23.1 Å². The van der Waals surface area contributed by atoms with Gasteiger partial charge in [-0.3, -0.25) is 4.90 Å². The Morgan fingerprint density at radius 3 is 2.61 bits per heavy atom. The Bertz CT molecular complexity index is 542. The molecule has 0 aromatic heterocycles. The molecule has 3 aliphatic rings. The highest BCUT2D eigenvalue weighted by molar-refractivity contribution is 5.38. The van der Waals surface area contributed by atoms with Crippen LogP contribution < -0.4 is 10.5 Å². The highest BCUT2D eigenvalue weighted by atomic mass is 16.5. The van der Waals surface area contributed by atoms with Crippen molar-refractivity contribution in [1.82, 2.24) is 4.90 Å². The molecule has 4 nitrogen and oxygen atoms in total. The Balaban J connectivity index is 1.37. The average Bonchev–Trinajstić information content (AvgIpc) is 2.83. The molecule has 1 aliphatic heterocycles. The largest absolute Gasteiger partial charge is 0.492 e. The first-order valence-electron chi connectivity index (χ1n) is 9.10. The lowest BCUT2D eigenvalue weighted by Gasteiger charge is -2.26. The first kappa shape index (κ1) is 15.4. The molecule has 2 fully saturated rings.